The first-order valence-electron chi connectivity index (χ1n) is 6.23. The molecule has 0 bridgehead atoms. The van der Waals surface area contributed by atoms with Gasteiger partial charge in [0.25, 0.3) is 0 Å². The molecule has 0 fully saturated rings. The highest BCUT2D eigenvalue weighted by atomic mass is 35.5. The molecule has 0 saturated heterocycles. The number of hydrogen-bond acceptors (Lipinski definition) is 5. The quantitative estimate of drug-likeness (QED) is 0.647. The molecule has 8 heteroatoms. The Labute approximate surface area is 132 Å². The molecule has 0 aliphatic heterocycles. The lowest BCUT2D eigenvalue weighted by molar-refractivity contribution is 0.199. The fraction of sp³-hybridized carbons (Fsp3) is 0.462. The summed E-state index contributed by atoms with van der Waals surface area (Å²) in [7, 11) is -1.77. The molecule has 118 valence electrons. The van der Waals surface area contributed by atoms with Gasteiger partial charge in [-0.2, -0.15) is 5.26 Å². The van der Waals surface area contributed by atoms with Crippen LogP contribution in [0.1, 0.15) is 11.1 Å². The first kappa shape index (κ1) is 19.8. The summed E-state index contributed by atoms with van der Waals surface area (Å²) in [6.07, 6.45) is 0. The summed E-state index contributed by atoms with van der Waals surface area (Å²) >= 11 is 0. The summed E-state index contributed by atoms with van der Waals surface area (Å²) in [4.78, 5) is 0. The van der Waals surface area contributed by atoms with Crippen LogP contribution in [-0.4, -0.2) is 41.8 Å². The van der Waals surface area contributed by atoms with Crippen molar-refractivity contribution in [2.75, 3.05) is 33.4 Å². The molecule has 0 saturated carbocycles. The van der Waals surface area contributed by atoms with Gasteiger partial charge in [-0.1, -0.05) is 12.1 Å². The highest BCUT2D eigenvalue weighted by Gasteiger charge is 2.10. The van der Waals surface area contributed by atoms with E-state index in [4.69, 9.17) is 10.00 Å². The summed E-state index contributed by atoms with van der Waals surface area (Å²) in [6, 6.07) is 8.58. The van der Waals surface area contributed by atoms with Gasteiger partial charge in [-0.3, -0.25) is 0 Å². The fourth-order valence-electron chi connectivity index (χ4n) is 1.60. The predicted molar refractivity (Wildman–Crippen MR) is 83.8 cm³/mol. The van der Waals surface area contributed by atoms with Crippen molar-refractivity contribution in [1.82, 2.24) is 10.0 Å². The van der Waals surface area contributed by atoms with Crippen LogP contribution in [0.15, 0.2) is 24.3 Å². The average molecular weight is 334 g/mol. The van der Waals surface area contributed by atoms with Crippen LogP contribution in [0.2, 0.25) is 0 Å². The van der Waals surface area contributed by atoms with E-state index in [-0.39, 0.29) is 18.2 Å². The van der Waals surface area contributed by atoms with Gasteiger partial charge in [0.1, 0.15) is 0 Å². The van der Waals surface area contributed by atoms with Gasteiger partial charge in [0.15, 0.2) is 0 Å². The van der Waals surface area contributed by atoms with E-state index in [1.807, 2.05) is 6.07 Å². The zero-order valence-corrected chi connectivity index (χ0v) is 13.5. The van der Waals surface area contributed by atoms with Crippen molar-refractivity contribution < 1.29 is 13.2 Å². The van der Waals surface area contributed by atoms with Gasteiger partial charge in [0, 0.05) is 26.7 Å². The highest BCUT2D eigenvalue weighted by molar-refractivity contribution is 7.88. The first-order chi connectivity index (χ1) is 9.57. The van der Waals surface area contributed by atoms with Crippen molar-refractivity contribution in [3.05, 3.63) is 35.4 Å². The van der Waals surface area contributed by atoms with Crippen LogP contribution in [0.25, 0.3) is 0 Å². The van der Waals surface area contributed by atoms with Crippen molar-refractivity contribution >= 4 is 22.4 Å². The Hall–Kier alpha value is -1.17. The van der Waals surface area contributed by atoms with Crippen LogP contribution in [-0.2, 0) is 20.5 Å². The Morgan fingerprint density at radius 1 is 1.29 bits per heavy atom. The van der Waals surface area contributed by atoms with Gasteiger partial charge in [-0.25, -0.2) is 13.1 Å². The molecule has 0 spiro atoms. The lowest BCUT2D eigenvalue weighted by Gasteiger charge is -2.08. The molecule has 1 rings (SSSR count). The number of methoxy groups -OCH3 is 1. The second kappa shape index (κ2) is 10.5. The van der Waals surface area contributed by atoms with Gasteiger partial charge in [0.05, 0.1) is 24.0 Å². The number of rotatable bonds is 9. The molecule has 0 heterocycles. The monoisotopic (exact) mass is 333 g/mol. The van der Waals surface area contributed by atoms with E-state index >= 15 is 0 Å². The normalized spacial score (nSPS) is 10.7. The molecule has 0 aliphatic carbocycles. The predicted octanol–water partition coefficient (Wildman–Crippen LogP) is 0.635. The van der Waals surface area contributed by atoms with Crippen molar-refractivity contribution in [2.45, 2.75) is 5.75 Å². The maximum absolute atomic E-state index is 11.8. The number of halogens is 1. The van der Waals surface area contributed by atoms with E-state index in [2.05, 4.69) is 10.0 Å². The minimum atomic E-state index is -3.38. The minimum absolute atomic E-state index is 0. The number of nitriles is 1. The van der Waals surface area contributed by atoms with Crippen LogP contribution >= 0.6 is 12.4 Å². The van der Waals surface area contributed by atoms with Gasteiger partial charge in [0.2, 0.25) is 10.0 Å². The van der Waals surface area contributed by atoms with E-state index in [1.165, 1.54) is 0 Å². The fourth-order valence-corrected chi connectivity index (χ4v) is 2.73. The van der Waals surface area contributed by atoms with Crippen molar-refractivity contribution in [2.24, 2.45) is 0 Å². The SMILES string of the molecule is COCCNCCNS(=O)(=O)Cc1cccc(C#N)c1.Cl. The van der Waals surface area contributed by atoms with E-state index in [0.29, 0.717) is 37.4 Å². The summed E-state index contributed by atoms with van der Waals surface area (Å²) in [5, 5.41) is 11.8. The molecule has 2 N–H and O–H groups in total. The number of sulfonamides is 1. The van der Waals surface area contributed by atoms with Gasteiger partial charge in [-0.05, 0) is 17.7 Å². The number of nitrogens with zero attached hydrogens (tertiary/aromatic N) is 1. The Morgan fingerprint density at radius 2 is 2.05 bits per heavy atom. The summed E-state index contributed by atoms with van der Waals surface area (Å²) in [6.45, 7) is 2.14. The van der Waals surface area contributed by atoms with Crippen LogP contribution in [0.3, 0.4) is 0 Å². The Morgan fingerprint density at radius 3 is 2.71 bits per heavy atom. The van der Waals surface area contributed by atoms with Crippen LogP contribution in [0.4, 0.5) is 0 Å². The molecule has 0 amide bonds. The van der Waals surface area contributed by atoms with E-state index in [1.54, 1.807) is 31.4 Å². The maximum Gasteiger partial charge on any atom is 0.215 e. The number of nitrogens with one attached hydrogen (secondary N) is 2. The third-order valence-corrected chi connectivity index (χ3v) is 3.88. The van der Waals surface area contributed by atoms with Gasteiger partial charge >= 0.3 is 0 Å². The smallest absolute Gasteiger partial charge is 0.215 e. The second-order valence-corrected chi connectivity index (χ2v) is 6.02. The molecule has 0 aromatic heterocycles. The summed E-state index contributed by atoms with van der Waals surface area (Å²) in [5.41, 5.74) is 1.06. The van der Waals surface area contributed by atoms with E-state index in [0.717, 1.165) is 0 Å². The number of benzene rings is 1. The van der Waals surface area contributed by atoms with Crippen molar-refractivity contribution in [3.8, 4) is 6.07 Å². The molecular weight excluding hydrogens is 314 g/mol. The topological polar surface area (TPSA) is 91.2 Å². The van der Waals surface area contributed by atoms with E-state index < -0.39 is 10.0 Å². The van der Waals surface area contributed by atoms with Crippen LogP contribution in [0.5, 0.6) is 0 Å². The van der Waals surface area contributed by atoms with Crippen LogP contribution < -0.4 is 10.0 Å². The third-order valence-electron chi connectivity index (χ3n) is 2.52. The third kappa shape index (κ3) is 8.65. The largest absolute Gasteiger partial charge is 0.383 e. The number of hydrogen-bond donors (Lipinski definition) is 2. The molecular formula is C13H20ClN3O3S. The number of ether oxygens (including phenoxy) is 1. The van der Waals surface area contributed by atoms with Gasteiger partial charge in [-0.15, -0.1) is 12.4 Å². The van der Waals surface area contributed by atoms with Crippen molar-refractivity contribution in [1.29, 1.82) is 5.26 Å². The van der Waals surface area contributed by atoms with Gasteiger partial charge < -0.3 is 10.1 Å². The molecule has 6 nitrogen and oxygen atoms in total. The Balaban J connectivity index is 0.00000400. The minimum Gasteiger partial charge on any atom is -0.383 e. The lowest BCUT2D eigenvalue weighted by atomic mass is 10.2. The molecule has 0 radical (unpaired) electrons. The van der Waals surface area contributed by atoms with Crippen LogP contribution in [0, 0.1) is 11.3 Å². The summed E-state index contributed by atoms with van der Waals surface area (Å²) in [5.74, 6) is -0.124. The standard InChI is InChI=1S/C13H19N3O3S.ClH/c1-19-8-7-15-5-6-16-20(17,18)11-13-4-2-3-12(9-13)10-14;/h2-4,9,15-16H,5-8,11H2,1H3;1H. The molecule has 0 unspecified atom stereocenters. The second-order valence-electron chi connectivity index (χ2n) is 4.21. The Bertz CT molecular complexity index is 558. The Kier molecular flexibility index (Phi) is 9.95. The highest BCUT2D eigenvalue weighted by Crippen LogP contribution is 2.07. The molecule has 0 aliphatic rings. The first-order valence-corrected chi connectivity index (χ1v) is 7.88. The maximum atomic E-state index is 11.8. The zero-order valence-electron chi connectivity index (χ0n) is 11.8. The molecule has 0 atom stereocenters. The molecule has 21 heavy (non-hydrogen) atoms. The molecule has 1 aromatic rings. The van der Waals surface area contributed by atoms with E-state index in [9.17, 15) is 8.42 Å². The van der Waals surface area contributed by atoms with Crippen molar-refractivity contribution in [3.63, 3.8) is 0 Å². The average Bonchev–Trinajstić information content (AvgIpc) is 2.42. The lowest BCUT2D eigenvalue weighted by Crippen LogP contribution is -2.33. The molecule has 1 aromatic carbocycles. The zero-order chi connectivity index (χ0) is 14.8. The summed E-state index contributed by atoms with van der Waals surface area (Å²) < 4.78 is 31.1.